The van der Waals surface area contributed by atoms with E-state index in [1.807, 2.05) is 0 Å². The van der Waals surface area contributed by atoms with Gasteiger partial charge in [0, 0.05) is 18.5 Å². The summed E-state index contributed by atoms with van der Waals surface area (Å²) in [5, 5.41) is 3.47. The van der Waals surface area contributed by atoms with Crippen molar-refractivity contribution in [3.05, 3.63) is 0 Å². The van der Waals surface area contributed by atoms with Gasteiger partial charge in [-0.1, -0.05) is 20.3 Å². The SMILES string of the molecule is CC(F)(F)CCCCC(C)(C)CNC(C)(C)C. The van der Waals surface area contributed by atoms with Crippen LogP contribution < -0.4 is 5.32 Å². The van der Waals surface area contributed by atoms with Crippen LogP contribution in [0.25, 0.3) is 0 Å². The molecule has 1 nitrogen and oxygen atoms in total. The van der Waals surface area contributed by atoms with Gasteiger partial charge in [-0.15, -0.1) is 0 Å². The summed E-state index contributed by atoms with van der Waals surface area (Å²) >= 11 is 0. The van der Waals surface area contributed by atoms with Crippen molar-refractivity contribution >= 4 is 0 Å². The van der Waals surface area contributed by atoms with Crippen molar-refractivity contribution in [2.45, 2.75) is 78.7 Å². The molecule has 1 N–H and O–H groups in total. The Hall–Kier alpha value is -0.180. The molecule has 0 spiro atoms. The number of hydrogen-bond donors (Lipinski definition) is 1. The molecule has 0 fully saturated rings. The third-order valence-electron chi connectivity index (χ3n) is 2.82. The summed E-state index contributed by atoms with van der Waals surface area (Å²) in [6.45, 7) is 12.7. The molecule has 0 radical (unpaired) electrons. The van der Waals surface area contributed by atoms with Gasteiger partial charge in [0.15, 0.2) is 0 Å². The fourth-order valence-electron chi connectivity index (χ4n) is 1.63. The van der Waals surface area contributed by atoms with Crippen molar-refractivity contribution in [3.8, 4) is 0 Å². The first-order valence-electron chi connectivity index (χ1n) is 6.54. The molecule has 0 rings (SSSR count). The molecule has 0 aromatic carbocycles. The molecule has 0 aromatic heterocycles. The summed E-state index contributed by atoms with van der Waals surface area (Å²) in [6.07, 6.45) is 2.49. The number of alkyl halides is 2. The van der Waals surface area contributed by atoms with Crippen LogP contribution in [0.5, 0.6) is 0 Å². The number of hydrogen-bond acceptors (Lipinski definition) is 1. The van der Waals surface area contributed by atoms with Gasteiger partial charge in [0.05, 0.1) is 0 Å². The van der Waals surface area contributed by atoms with Crippen LogP contribution in [-0.4, -0.2) is 18.0 Å². The molecule has 0 heterocycles. The van der Waals surface area contributed by atoms with Crippen molar-refractivity contribution in [1.82, 2.24) is 5.32 Å². The lowest BCUT2D eigenvalue weighted by Crippen LogP contribution is -2.41. The van der Waals surface area contributed by atoms with E-state index in [2.05, 4.69) is 39.9 Å². The predicted molar refractivity (Wildman–Crippen MR) is 70.6 cm³/mol. The number of halogens is 2. The maximum Gasteiger partial charge on any atom is 0.245 e. The largest absolute Gasteiger partial charge is 0.312 e. The van der Waals surface area contributed by atoms with Crippen LogP contribution in [0.4, 0.5) is 8.78 Å². The number of rotatable bonds is 7. The molecule has 0 aliphatic carbocycles. The van der Waals surface area contributed by atoms with Crippen molar-refractivity contribution in [3.63, 3.8) is 0 Å². The Bertz CT molecular complexity index is 211. The van der Waals surface area contributed by atoms with Gasteiger partial charge in [-0.25, -0.2) is 8.78 Å². The molecule has 17 heavy (non-hydrogen) atoms. The molecule has 0 aromatic rings. The molecule has 0 amide bonds. The van der Waals surface area contributed by atoms with E-state index in [-0.39, 0.29) is 17.4 Å². The van der Waals surface area contributed by atoms with Crippen molar-refractivity contribution in [2.75, 3.05) is 6.54 Å². The second-order valence-electron chi connectivity index (χ2n) is 7.05. The van der Waals surface area contributed by atoms with Crippen molar-refractivity contribution in [2.24, 2.45) is 5.41 Å². The lowest BCUT2D eigenvalue weighted by atomic mass is 9.86. The smallest absolute Gasteiger partial charge is 0.245 e. The third kappa shape index (κ3) is 12.1. The second kappa shape index (κ2) is 6.12. The van der Waals surface area contributed by atoms with Crippen LogP contribution in [0, 0.1) is 5.41 Å². The molecule has 3 heteroatoms. The van der Waals surface area contributed by atoms with Crippen LogP contribution >= 0.6 is 0 Å². The first-order chi connectivity index (χ1) is 7.41. The van der Waals surface area contributed by atoms with Gasteiger partial charge in [-0.3, -0.25) is 0 Å². The van der Waals surface area contributed by atoms with E-state index in [0.29, 0.717) is 6.42 Å². The van der Waals surface area contributed by atoms with Gasteiger partial charge in [-0.2, -0.15) is 0 Å². The lowest BCUT2D eigenvalue weighted by molar-refractivity contribution is 0.00968. The average Bonchev–Trinajstić information content (AvgIpc) is 2.07. The van der Waals surface area contributed by atoms with E-state index in [9.17, 15) is 8.78 Å². The highest BCUT2D eigenvalue weighted by Crippen LogP contribution is 2.26. The first kappa shape index (κ1) is 16.8. The van der Waals surface area contributed by atoms with Crippen LogP contribution in [0.2, 0.25) is 0 Å². The first-order valence-corrected chi connectivity index (χ1v) is 6.54. The van der Waals surface area contributed by atoms with Gasteiger partial charge < -0.3 is 5.32 Å². The van der Waals surface area contributed by atoms with Crippen molar-refractivity contribution in [1.29, 1.82) is 0 Å². The summed E-state index contributed by atoms with van der Waals surface area (Å²) in [5.41, 5.74) is 0.296. The van der Waals surface area contributed by atoms with E-state index in [1.54, 1.807) is 0 Å². The van der Waals surface area contributed by atoms with Crippen LogP contribution in [-0.2, 0) is 0 Å². The zero-order valence-corrected chi connectivity index (χ0v) is 12.3. The minimum atomic E-state index is -2.51. The highest BCUT2D eigenvalue weighted by Gasteiger charge is 2.23. The number of nitrogens with one attached hydrogen (secondary N) is 1. The van der Waals surface area contributed by atoms with Crippen molar-refractivity contribution < 1.29 is 8.78 Å². The normalized spacial score (nSPS) is 14.1. The molecule has 0 atom stereocenters. The Kier molecular flexibility index (Phi) is 6.06. The maximum atomic E-state index is 12.6. The van der Waals surface area contributed by atoms with E-state index >= 15 is 0 Å². The summed E-state index contributed by atoms with van der Waals surface area (Å²) in [4.78, 5) is 0. The zero-order chi connectivity index (χ0) is 13.7. The molecule has 0 bridgehead atoms. The average molecular weight is 249 g/mol. The fraction of sp³-hybridized carbons (Fsp3) is 1.00. The molecular weight excluding hydrogens is 220 g/mol. The molecule has 0 saturated heterocycles. The van der Waals surface area contributed by atoms with E-state index in [4.69, 9.17) is 0 Å². The van der Waals surface area contributed by atoms with Gasteiger partial charge in [0.25, 0.3) is 0 Å². The van der Waals surface area contributed by atoms with Crippen LogP contribution in [0.15, 0.2) is 0 Å². The monoisotopic (exact) mass is 249 g/mol. The summed E-state index contributed by atoms with van der Waals surface area (Å²) in [7, 11) is 0. The van der Waals surface area contributed by atoms with E-state index < -0.39 is 5.92 Å². The Morgan fingerprint density at radius 1 is 0.824 bits per heavy atom. The van der Waals surface area contributed by atoms with Crippen LogP contribution in [0.1, 0.15) is 67.2 Å². The summed E-state index contributed by atoms with van der Waals surface area (Å²) < 4.78 is 25.3. The third-order valence-corrected chi connectivity index (χ3v) is 2.82. The summed E-state index contributed by atoms with van der Waals surface area (Å²) in [6, 6.07) is 0. The Morgan fingerprint density at radius 3 is 1.71 bits per heavy atom. The minimum absolute atomic E-state index is 0.00970. The van der Waals surface area contributed by atoms with E-state index in [1.165, 1.54) is 0 Å². The molecule has 0 saturated carbocycles. The highest BCUT2D eigenvalue weighted by molar-refractivity contribution is 4.78. The Balaban J connectivity index is 3.79. The molecule has 0 unspecified atom stereocenters. The zero-order valence-electron chi connectivity index (χ0n) is 12.3. The maximum absolute atomic E-state index is 12.6. The fourth-order valence-corrected chi connectivity index (χ4v) is 1.63. The molecule has 104 valence electrons. The van der Waals surface area contributed by atoms with E-state index in [0.717, 1.165) is 26.3 Å². The van der Waals surface area contributed by atoms with Gasteiger partial charge in [0.1, 0.15) is 0 Å². The van der Waals surface area contributed by atoms with Gasteiger partial charge in [-0.05, 0) is 46.0 Å². The Labute approximate surface area is 105 Å². The standard InChI is InChI=1S/C14H29F2N/c1-12(2,3)17-11-13(4,5)9-7-8-10-14(6,15)16/h17H,7-11H2,1-6H3. The summed E-state index contributed by atoms with van der Waals surface area (Å²) in [5.74, 6) is -2.51. The predicted octanol–water partition coefficient (Wildman–Crippen LogP) is 4.62. The quantitative estimate of drug-likeness (QED) is 0.649. The highest BCUT2D eigenvalue weighted by atomic mass is 19.3. The van der Waals surface area contributed by atoms with Gasteiger partial charge >= 0.3 is 0 Å². The number of unbranched alkanes of at least 4 members (excludes halogenated alkanes) is 1. The topological polar surface area (TPSA) is 12.0 Å². The Morgan fingerprint density at radius 2 is 1.29 bits per heavy atom. The lowest BCUT2D eigenvalue weighted by Gasteiger charge is -2.30. The van der Waals surface area contributed by atoms with Crippen LogP contribution in [0.3, 0.4) is 0 Å². The minimum Gasteiger partial charge on any atom is -0.312 e. The molecular formula is C14H29F2N. The molecule has 0 aliphatic rings. The second-order valence-corrected chi connectivity index (χ2v) is 7.05. The van der Waals surface area contributed by atoms with Gasteiger partial charge in [0.2, 0.25) is 5.92 Å². The molecule has 0 aliphatic heterocycles.